The first kappa shape index (κ1) is 24.2. The zero-order valence-electron chi connectivity index (χ0n) is 14.9. The predicted octanol–water partition coefficient (Wildman–Crippen LogP) is 2.69. The molecule has 1 saturated heterocycles. The van der Waals surface area contributed by atoms with Crippen LogP contribution in [0.4, 0.5) is 0 Å². The van der Waals surface area contributed by atoms with Gasteiger partial charge in [-0.1, -0.05) is 20.8 Å². The molecular formula is C16H35Cl2N3O. The Labute approximate surface area is 148 Å². The number of carbonyl (C=O) groups is 1. The van der Waals surface area contributed by atoms with E-state index in [4.69, 9.17) is 5.73 Å². The summed E-state index contributed by atoms with van der Waals surface area (Å²) >= 11 is 0. The van der Waals surface area contributed by atoms with Crippen LogP contribution < -0.4 is 11.1 Å². The number of hydrogen-bond acceptors (Lipinski definition) is 3. The molecule has 1 fully saturated rings. The van der Waals surface area contributed by atoms with Crippen LogP contribution in [0.3, 0.4) is 0 Å². The molecule has 1 aliphatic heterocycles. The van der Waals surface area contributed by atoms with E-state index in [1.165, 1.54) is 6.42 Å². The lowest BCUT2D eigenvalue weighted by Gasteiger charge is -2.45. The molecule has 1 aliphatic rings. The van der Waals surface area contributed by atoms with Crippen molar-refractivity contribution in [1.82, 2.24) is 10.2 Å². The number of hydrogen-bond donors (Lipinski definition) is 2. The highest BCUT2D eigenvalue weighted by atomic mass is 35.5. The number of rotatable bonds is 5. The van der Waals surface area contributed by atoms with E-state index in [0.29, 0.717) is 6.54 Å². The van der Waals surface area contributed by atoms with Crippen LogP contribution in [0, 0.1) is 17.8 Å². The van der Waals surface area contributed by atoms with Gasteiger partial charge in [-0.05, 0) is 39.0 Å². The maximum atomic E-state index is 12.0. The summed E-state index contributed by atoms with van der Waals surface area (Å²) in [5.74, 6) is 1.39. The van der Waals surface area contributed by atoms with E-state index in [1.807, 2.05) is 13.8 Å². The van der Waals surface area contributed by atoms with Gasteiger partial charge in [-0.15, -0.1) is 24.8 Å². The largest absolute Gasteiger partial charge is 0.354 e. The number of carbonyl (C=O) groups excluding carboxylic acids is 1. The molecular weight excluding hydrogens is 321 g/mol. The van der Waals surface area contributed by atoms with Crippen LogP contribution in [-0.2, 0) is 4.79 Å². The Morgan fingerprint density at radius 1 is 1.23 bits per heavy atom. The van der Waals surface area contributed by atoms with Crippen LogP contribution in [0.5, 0.6) is 0 Å². The smallest absolute Gasteiger partial charge is 0.224 e. The van der Waals surface area contributed by atoms with Crippen LogP contribution in [0.2, 0.25) is 0 Å². The highest BCUT2D eigenvalue weighted by molar-refractivity contribution is 5.85. The average Bonchev–Trinajstić information content (AvgIpc) is 2.33. The number of nitrogens with one attached hydrogen (secondary N) is 1. The van der Waals surface area contributed by atoms with Gasteiger partial charge in [0.15, 0.2) is 0 Å². The molecule has 0 aromatic carbocycles. The normalized spacial score (nSPS) is 25.4. The van der Waals surface area contributed by atoms with E-state index >= 15 is 0 Å². The number of piperidine rings is 1. The highest BCUT2D eigenvalue weighted by Crippen LogP contribution is 2.26. The van der Waals surface area contributed by atoms with Gasteiger partial charge >= 0.3 is 0 Å². The molecule has 4 atom stereocenters. The Morgan fingerprint density at radius 3 is 2.09 bits per heavy atom. The maximum absolute atomic E-state index is 12.0. The van der Waals surface area contributed by atoms with E-state index in [0.717, 1.165) is 24.9 Å². The Morgan fingerprint density at radius 2 is 1.68 bits per heavy atom. The summed E-state index contributed by atoms with van der Waals surface area (Å²) in [6, 6.07) is -0.104. The standard InChI is InChI=1S/C16H33N3O.2ClH/c1-11-7-12(2)9-19(8-11)16(5,6)10-18-15(20)13(3)14(4)17;;/h11-14H,7-10,17H2,1-6H3,(H,18,20);2*1H. The second-order valence-corrected chi connectivity index (χ2v) is 7.53. The molecule has 1 rings (SSSR count). The highest BCUT2D eigenvalue weighted by Gasteiger charge is 2.33. The quantitative estimate of drug-likeness (QED) is 0.796. The van der Waals surface area contributed by atoms with Crippen LogP contribution in [0.25, 0.3) is 0 Å². The van der Waals surface area contributed by atoms with E-state index in [1.54, 1.807) is 0 Å². The number of likely N-dealkylation sites (tertiary alicyclic amines) is 1. The van der Waals surface area contributed by atoms with Gasteiger partial charge in [0.1, 0.15) is 0 Å². The molecule has 0 aromatic rings. The van der Waals surface area contributed by atoms with Gasteiger partial charge in [0.25, 0.3) is 0 Å². The van der Waals surface area contributed by atoms with Crippen molar-refractivity contribution in [3.63, 3.8) is 0 Å². The van der Waals surface area contributed by atoms with Crippen LogP contribution in [0.15, 0.2) is 0 Å². The van der Waals surface area contributed by atoms with Crippen LogP contribution in [-0.4, -0.2) is 42.0 Å². The molecule has 3 N–H and O–H groups in total. The first-order valence-corrected chi connectivity index (χ1v) is 7.92. The van der Waals surface area contributed by atoms with E-state index in [-0.39, 0.29) is 48.2 Å². The lowest BCUT2D eigenvalue weighted by Crippen LogP contribution is -2.56. The van der Waals surface area contributed by atoms with Gasteiger partial charge in [-0.25, -0.2) is 0 Å². The molecule has 1 heterocycles. The molecule has 0 radical (unpaired) electrons. The topological polar surface area (TPSA) is 58.4 Å². The second-order valence-electron chi connectivity index (χ2n) is 7.53. The minimum absolute atomic E-state index is 0. The average molecular weight is 356 g/mol. The third-order valence-electron chi connectivity index (χ3n) is 4.62. The monoisotopic (exact) mass is 355 g/mol. The summed E-state index contributed by atoms with van der Waals surface area (Å²) in [5.41, 5.74) is 5.78. The van der Waals surface area contributed by atoms with E-state index in [2.05, 4.69) is 37.9 Å². The summed E-state index contributed by atoms with van der Waals surface area (Å²) in [7, 11) is 0. The van der Waals surface area contributed by atoms with E-state index < -0.39 is 0 Å². The summed E-state index contributed by atoms with van der Waals surface area (Å²) in [5, 5.41) is 3.07. The van der Waals surface area contributed by atoms with Crippen molar-refractivity contribution in [1.29, 1.82) is 0 Å². The number of nitrogens with two attached hydrogens (primary N) is 1. The first-order valence-electron chi connectivity index (χ1n) is 7.92. The first-order chi connectivity index (χ1) is 9.13. The summed E-state index contributed by atoms with van der Waals surface area (Å²) in [4.78, 5) is 14.5. The third kappa shape index (κ3) is 7.03. The van der Waals surface area contributed by atoms with Crippen molar-refractivity contribution in [2.24, 2.45) is 23.5 Å². The zero-order valence-corrected chi connectivity index (χ0v) is 16.5. The molecule has 0 aromatic heterocycles. The zero-order chi connectivity index (χ0) is 15.5. The molecule has 4 unspecified atom stereocenters. The van der Waals surface area contributed by atoms with Gasteiger partial charge < -0.3 is 11.1 Å². The Balaban J connectivity index is 0. The predicted molar refractivity (Wildman–Crippen MR) is 98.9 cm³/mol. The molecule has 0 saturated carbocycles. The Hall–Kier alpha value is -0.0300. The second kappa shape index (κ2) is 9.96. The molecule has 6 heteroatoms. The summed E-state index contributed by atoms with van der Waals surface area (Å²) in [6.45, 7) is 15.8. The minimum Gasteiger partial charge on any atom is -0.354 e. The van der Waals surface area contributed by atoms with Crippen molar-refractivity contribution >= 4 is 30.7 Å². The molecule has 22 heavy (non-hydrogen) atoms. The summed E-state index contributed by atoms with van der Waals surface area (Å²) in [6.07, 6.45) is 1.31. The Bertz CT molecular complexity index is 327. The molecule has 0 bridgehead atoms. The van der Waals surface area contributed by atoms with Crippen molar-refractivity contribution in [3.8, 4) is 0 Å². The van der Waals surface area contributed by atoms with Gasteiger partial charge in [0, 0.05) is 37.1 Å². The van der Waals surface area contributed by atoms with Crippen molar-refractivity contribution in [2.75, 3.05) is 19.6 Å². The van der Waals surface area contributed by atoms with Gasteiger partial charge in [0.2, 0.25) is 5.91 Å². The number of amides is 1. The molecule has 0 spiro atoms. The maximum Gasteiger partial charge on any atom is 0.224 e. The molecule has 134 valence electrons. The molecule has 4 nitrogen and oxygen atoms in total. The summed E-state index contributed by atoms with van der Waals surface area (Å²) < 4.78 is 0. The van der Waals surface area contributed by atoms with Gasteiger partial charge in [0.05, 0.1) is 0 Å². The van der Waals surface area contributed by atoms with Crippen molar-refractivity contribution in [2.45, 2.75) is 59.5 Å². The SMILES string of the molecule is CC1CC(C)CN(C(C)(C)CNC(=O)C(C)C(C)N)C1.Cl.Cl. The van der Waals surface area contributed by atoms with Crippen molar-refractivity contribution < 1.29 is 4.79 Å². The van der Waals surface area contributed by atoms with Gasteiger partial charge in [-0.3, -0.25) is 9.69 Å². The van der Waals surface area contributed by atoms with E-state index in [9.17, 15) is 4.79 Å². The number of halogens is 2. The lowest BCUT2D eigenvalue weighted by atomic mass is 9.88. The van der Waals surface area contributed by atoms with Gasteiger partial charge in [-0.2, -0.15) is 0 Å². The van der Waals surface area contributed by atoms with Crippen LogP contribution >= 0.6 is 24.8 Å². The van der Waals surface area contributed by atoms with Crippen LogP contribution in [0.1, 0.15) is 48.0 Å². The molecule has 1 amide bonds. The Kier molecular flexibility index (Phi) is 11.0. The fraction of sp³-hybridized carbons (Fsp3) is 0.938. The van der Waals surface area contributed by atoms with Crippen molar-refractivity contribution in [3.05, 3.63) is 0 Å². The molecule has 0 aliphatic carbocycles. The minimum atomic E-state index is -0.134. The lowest BCUT2D eigenvalue weighted by molar-refractivity contribution is -0.125. The fourth-order valence-electron chi connectivity index (χ4n) is 2.97. The fourth-order valence-corrected chi connectivity index (χ4v) is 2.97. The third-order valence-corrected chi connectivity index (χ3v) is 4.62. The number of nitrogens with zero attached hydrogens (tertiary/aromatic N) is 1.